The topological polar surface area (TPSA) is 51.8 Å². The summed E-state index contributed by atoms with van der Waals surface area (Å²) in [6.45, 7) is 12.5. The van der Waals surface area contributed by atoms with Gasteiger partial charge in [-0.2, -0.15) is 0 Å². The fourth-order valence-corrected chi connectivity index (χ4v) is 5.29. The Labute approximate surface area is 308 Å². The number of benzene rings is 4. The number of hydrogen-bond acceptors (Lipinski definition) is 4. The van der Waals surface area contributed by atoms with Gasteiger partial charge in [0.1, 0.15) is 5.58 Å². The Morgan fingerprint density at radius 1 is 0.460 bits per heavy atom. The molecule has 4 aromatic carbocycles. The van der Waals surface area contributed by atoms with Crippen LogP contribution >= 0.6 is 0 Å². The second-order valence-corrected chi connectivity index (χ2v) is 12.2. The normalized spacial score (nSPS) is 10.4. The molecule has 0 fully saturated rings. The molecule has 4 heterocycles. The first-order chi connectivity index (χ1) is 23.8. The van der Waals surface area contributed by atoms with Gasteiger partial charge in [0, 0.05) is 24.0 Å². The number of aromatic nitrogens is 3. The summed E-state index contributed by atoms with van der Waals surface area (Å²) in [6.07, 6.45) is 5.72. The van der Waals surface area contributed by atoms with Gasteiger partial charge in [-0.05, 0) is 81.4 Å². The van der Waals surface area contributed by atoms with Gasteiger partial charge in [-0.1, -0.05) is 64.0 Å². The van der Waals surface area contributed by atoms with Crippen LogP contribution in [0.4, 0.5) is 0 Å². The van der Waals surface area contributed by atoms with Crippen LogP contribution in [0.15, 0.2) is 126 Å². The minimum absolute atomic E-state index is 0. The first-order valence-corrected chi connectivity index (χ1v) is 16.3. The molecule has 0 radical (unpaired) electrons. The second kappa shape index (κ2) is 16.5. The van der Waals surface area contributed by atoms with E-state index in [0.29, 0.717) is 0 Å². The first kappa shape index (κ1) is 36.1. The van der Waals surface area contributed by atoms with E-state index in [-0.39, 0.29) is 20.1 Å². The maximum atomic E-state index is 6.04. The summed E-state index contributed by atoms with van der Waals surface area (Å²) in [7, 11) is 0. The van der Waals surface area contributed by atoms with Crippen molar-refractivity contribution in [3.8, 4) is 33.8 Å². The first-order valence-electron chi connectivity index (χ1n) is 16.3. The molecule has 4 nitrogen and oxygen atoms in total. The molecule has 8 aromatic rings. The van der Waals surface area contributed by atoms with Gasteiger partial charge in [0.15, 0.2) is 0 Å². The molecular weight excluding hydrogens is 791 g/mol. The van der Waals surface area contributed by atoms with E-state index in [1.807, 2.05) is 97.5 Å². The third kappa shape index (κ3) is 8.31. The van der Waals surface area contributed by atoms with Crippen LogP contribution in [0.25, 0.3) is 55.7 Å². The summed E-state index contributed by atoms with van der Waals surface area (Å²) in [4.78, 5) is 13.3. The van der Waals surface area contributed by atoms with Gasteiger partial charge in [-0.15, -0.1) is 90.0 Å². The van der Waals surface area contributed by atoms with Gasteiger partial charge in [-0.3, -0.25) is 0 Å². The number of nitrogens with zero attached hydrogens (tertiary/aromatic N) is 3. The third-order valence-electron chi connectivity index (χ3n) is 8.68. The van der Waals surface area contributed by atoms with Gasteiger partial charge < -0.3 is 19.4 Å². The number of rotatable bonds is 3. The predicted octanol–water partition coefficient (Wildman–Crippen LogP) is 11.4. The molecule has 8 rings (SSSR count). The molecule has 5 heteroatoms. The molecule has 0 spiro atoms. The summed E-state index contributed by atoms with van der Waals surface area (Å²) in [5.41, 5.74) is 15.1. The van der Waals surface area contributed by atoms with Crippen LogP contribution < -0.4 is 0 Å². The fraction of sp³-hybridized carbons (Fsp3) is 0.133. The Balaban J connectivity index is 0.000000149. The van der Waals surface area contributed by atoms with Gasteiger partial charge in [0.05, 0.1) is 5.58 Å². The van der Waals surface area contributed by atoms with E-state index in [0.717, 1.165) is 55.7 Å². The van der Waals surface area contributed by atoms with Crippen molar-refractivity contribution in [3.05, 3.63) is 173 Å². The van der Waals surface area contributed by atoms with Gasteiger partial charge >= 0.3 is 20.1 Å². The summed E-state index contributed by atoms with van der Waals surface area (Å²) in [5.74, 6) is 0. The molecule has 248 valence electrons. The maximum Gasteiger partial charge on any atom is 3.00 e. The molecule has 0 amide bonds. The molecule has 0 unspecified atom stereocenters. The van der Waals surface area contributed by atoms with Crippen molar-refractivity contribution >= 4 is 21.9 Å². The zero-order valence-corrected chi connectivity index (χ0v) is 31.5. The van der Waals surface area contributed by atoms with Gasteiger partial charge in [-0.25, -0.2) is 0 Å². The molecule has 4 aromatic heterocycles. The van der Waals surface area contributed by atoms with E-state index in [9.17, 15) is 0 Å². The molecule has 0 saturated heterocycles. The Bertz CT molecular complexity index is 2260. The molecule has 0 bridgehead atoms. The third-order valence-corrected chi connectivity index (χ3v) is 8.68. The molecule has 50 heavy (non-hydrogen) atoms. The van der Waals surface area contributed by atoms with Crippen LogP contribution in [0.5, 0.6) is 0 Å². The minimum Gasteiger partial charge on any atom is -0.501 e. The largest absolute Gasteiger partial charge is 3.00 e. The number of aryl methyl sites for hydroxylation is 6. The number of para-hydroxylation sites is 1. The Kier molecular flexibility index (Phi) is 11.9. The van der Waals surface area contributed by atoms with E-state index < -0.39 is 0 Å². The van der Waals surface area contributed by atoms with Crippen molar-refractivity contribution < 1.29 is 24.5 Å². The SMILES string of the molecule is Cc1cnc(-c2[c-]ccc3c2oc2ccccc23)cc1C.Cc1cnc(-c2[c-]cccc2)cc1C.Cc1cnc(-c2[c-]cccc2)cc1C.[Ir+3]. The number of hydrogen-bond donors (Lipinski definition) is 0. The molecular formula is C45H38IrN3O. The smallest absolute Gasteiger partial charge is 0.501 e. The average Bonchev–Trinajstić information content (AvgIpc) is 3.52. The van der Waals surface area contributed by atoms with Crippen molar-refractivity contribution in [2.75, 3.05) is 0 Å². The molecule has 0 aliphatic heterocycles. The zero-order valence-electron chi connectivity index (χ0n) is 29.1. The van der Waals surface area contributed by atoms with Crippen LogP contribution in [0.2, 0.25) is 0 Å². The quantitative estimate of drug-likeness (QED) is 0.167. The monoisotopic (exact) mass is 829 g/mol. The van der Waals surface area contributed by atoms with E-state index in [2.05, 4.69) is 99.0 Å². The second-order valence-electron chi connectivity index (χ2n) is 12.2. The Hall–Kier alpha value is -5.22. The van der Waals surface area contributed by atoms with E-state index >= 15 is 0 Å². The van der Waals surface area contributed by atoms with Crippen LogP contribution in [0.1, 0.15) is 33.4 Å². The van der Waals surface area contributed by atoms with E-state index in [1.165, 1.54) is 33.4 Å². The molecule has 0 aliphatic rings. The minimum atomic E-state index is 0. The fourth-order valence-electron chi connectivity index (χ4n) is 5.29. The standard InChI is InChI=1S/C19H14NO.2C13H12N.Ir/c1-12-10-17(20-11-13(12)2)16-8-5-7-15-14-6-3-4-9-18(14)21-19(15)16;2*1-10-8-13(14-9-11(10)2)12-6-4-3-5-7-12;/h3-7,9-11H,1-2H3;2*3-6,8-9H,1-2H3;/q3*-1;+3. The van der Waals surface area contributed by atoms with Crippen LogP contribution in [-0.4, -0.2) is 15.0 Å². The van der Waals surface area contributed by atoms with Crippen molar-refractivity contribution in [3.63, 3.8) is 0 Å². The Morgan fingerprint density at radius 2 is 0.940 bits per heavy atom. The van der Waals surface area contributed by atoms with Crippen molar-refractivity contribution in [2.24, 2.45) is 0 Å². The van der Waals surface area contributed by atoms with Crippen LogP contribution in [0, 0.1) is 59.7 Å². The zero-order chi connectivity index (χ0) is 34.3. The molecule has 0 saturated carbocycles. The number of furan rings is 1. The molecule has 0 atom stereocenters. The summed E-state index contributed by atoms with van der Waals surface area (Å²) < 4.78 is 6.04. The summed E-state index contributed by atoms with van der Waals surface area (Å²) in [5, 5.41) is 2.24. The van der Waals surface area contributed by atoms with Gasteiger partial charge in [0.25, 0.3) is 0 Å². The van der Waals surface area contributed by atoms with Crippen molar-refractivity contribution in [2.45, 2.75) is 41.5 Å². The van der Waals surface area contributed by atoms with Crippen LogP contribution in [-0.2, 0) is 20.1 Å². The van der Waals surface area contributed by atoms with E-state index in [4.69, 9.17) is 4.42 Å². The van der Waals surface area contributed by atoms with Gasteiger partial charge in [0.2, 0.25) is 0 Å². The maximum absolute atomic E-state index is 6.04. The van der Waals surface area contributed by atoms with Crippen molar-refractivity contribution in [1.82, 2.24) is 15.0 Å². The Morgan fingerprint density at radius 3 is 1.44 bits per heavy atom. The van der Waals surface area contributed by atoms with Crippen molar-refractivity contribution in [1.29, 1.82) is 0 Å². The average molecular weight is 829 g/mol. The predicted molar refractivity (Wildman–Crippen MR) is 201 cm³/mol. The van der Waals surface area contributed by atoms with Crippen LogP contribution in [0.3, 0.4) is 0 Å². The number of fused-ring (bicyclic) bond motifs is 3. The summed E-state index contributed by atoms with van der Waals surface area (Å²) in [6, 6.07) is 43.8. The van der Waals surface area contributed by atoms with E-state index in [1.54, 1.807) is 0 Å². The summed E-state index contributed by atoms with van der Waals surface area (Å²) >= 11 is 0. The molecule has 0 aliphatic carbocycles. The number of pyridine rings is 3. The molecule has 0 N–H and O–H groups in total.